The van der Waals surface area contributed by atoms with Gasteiger partial charge in [0.2, 0.25) is 0 Å². The van der Waals surface area contributed by atoms with Crippen LogP contribution < -0.4 is 0 Å². The highest BCUT2D eigenvalue weighted by atomic mass is 16.3. The number of aliphatic hydroxyl groups is 2. The molecule has 2 heteroatoms. The second-order valence-electron chi connectivity index (χ2n) is 9.71. The summed E-state index contributed by atoms with van der Waals surface area (Å²) in [6, 6.07) is 0. The van der Waals surface area contributed by atoms with Crippen LogP contribution in [-0.2, 0) is 0 Å². The summed E-state index contributed by atoms with van der Waals surface area (Å²) >= 11 is 0. The van der Waals surface area contributed by atoms with E-state index < -0.39 is 0 Å². The second-order valence-corrected chi connectivity index (χ2v) is 9.71. The van der Waals surface area contributed by atoms with Gasteiger partial charge < -0.3 is 10.2 Å². The maximum Gasteiger partial charge on any atom is 0.111 e. The number of aliphatic hydroxyl groups excluding tert-OH is 2. The van der Waals surface area contributed by atoms with Gasteiger partial charge in [-0.25, -0.2) is 0 Å². The van der Waals surface area contributed by atoms with Gasteiger partial charge in [-0.3, -0.25) is 0 Å². The van der Waals surface area contributed by atoms with Crippen LogP contribution in [0.15, 0.2) is 35.1 Å². The number of unbranched alkanes of at least 4 members (excludes halogenated alkanes) is 3. The van der Waals surface area contributed by atoms with Crippen LogP contribution in [0.25, 0.3) is 0 Å². The predicted octanol–water partition coefficient (Wildman–Crippen LogP) is 6.23. The van der Waals surface area contributed by atoms with Crippen molar-refractivity contribution < 1.29 is 10.2 Å². The Hall–Kier alpha value is -1.02. The second kappa shape index (κ2) is 6.86. The van der Waals surface area contributed by atoms with E-state index in [-0.39, 0.29) is 11.5 Å². The lowest BCUT2D eigenvalue weighted by Crippen LogP contribution is -2.44. The molecule has 4 aliphatic carbocycles. The molecule has 2 saturated carbocycles. The third-order valence-corrected chi connectivity index (χ3v) is 8.18. The van der Waals surface area contributed by atoms with E-state index in [2.05, 4.69) is 26.0 Å². The molecule has 2 nitrogen and oxygen atoms in total. The van der Waals surface area contributed by atoms with Gasteiger partial charge in [0.25, 0.3) is 0 Å². The van der Waals surface area contributed by atoms with Gasteiger partial charge in [0.15, 0.2) is 0 Å². The van der Waals surface area contributed by atoms with E-state index in [1.165, 1.54) is 44.9 Å². The molecule has 0 spiro atoms. The lowest BCUT2D eigenvalue weighted by molar-refractivity contribution is 0.0981. The zero-order chi connectivity index (χ0) is 18.4. The van der Waals surface area contributed by atoms with Crippen molar-refractivity contribution in [2.45, 2.75) is 90.6 Å². The van der Waals surface area contributed by atoms with E-state index >= 15 is 0 Å². The van der Waals surface area contributed by atoms with Crippen LogP contribution in [0.4, 0.5) is 0 Å². The molecule has 5 atom stereocenters. The fourth-order valence-electron chi connectivity index (χ4n) is 6.84. The first kappa shape index (κ1) is 18.3. The molecule has 2 N–H and O–H groups in total. The first-order valence-corrected chi connectivity index (χ1v) is 11.0. The molecule has 2 fully saturated rings. The molecule has 0 amide bonds. The minimum atomic E-state index is -0.130. The minimum Gasteiger partial charge on any atom is -0.508 e. The molecule has 144 valence electrons. The van der Waals surface area contributed by atoms with Gasteiger partial charge in [-0.05, 0) is 79.8 Å². The van der Waals surface area contributed by atoms with E-state index in [0.29, 0.717) is 23.0 Å². The van der Waals surface area contributed by atoms with Gasteiger partial charge in [-0.2, -0.15) is 0 Å². The highest BCUT2D eigenvalue weighted by molar-refractivity contribution is 5.39. The number of allylic oxidation sites excluding steroid dienone is 4. The molecule has 0 radical (unpaired) electrons. The van der Waals surface area contributed by atoms with Crippen LogP contribution >= 0.6 is 0 Å². The van der Waals surface area contributed by atoms with Crippen molar-refractivity contribution in [3.63, 3.8) is 0 Å². The normalized spacial score (nSPS) is 41.5. The summed E-state index contributed by atoms with van der Waals surface area (Å²) in [7, 11) is 0. The average Bonchev–Trinajstić information content (AvgIpc) is 2.94. The highest BCUT2D eigenvalue weighted by Crippen LogP contribution is 2.64. The van der Waals surface area contributed by atoms with Crippen molar-refractivity contribution in [2.24, 2.45) is 22.7 Å². The topological polar surface area (TPSA) is 40.5 Å². The molecule has 0 aromatic carbocycles. The molecule has 0 heterocycles. The summed E-state index contributed by atoms with van der Waals surface area (Å²) in [4.78, 5) is 0. The van der Waals surface area contributed by atoms with Crippen LogP contribution in [0.3, 0.4) is 0 Å². The Balaban J connectivity index is 1.65. The molecule has 4 rings (SSSR count). The highest BCUT2D eigenvalue weighted by Gasteiger charge is 2.54. The summed E-state index contributed by atoms with van der Waals surface area (Å²) in [5.74, 6) is 1.45. The van der Waals surface area contributed by atoms with Gasteiger partial charge in [0, 0.05) is 0 Å². The van der Waals surface area contributed by atoms with Crippen molar-refractivity contribution in [3.8, 4) is 0 Å². The van der Waals surface area contributed by atoms with E-state index in [1.54, 1.807) is 11.1 Å². The SMILES string of the molecule is CCCCCC[C@@]12CCC3(C)C(=C1CC(O)C2)CCC1C=C(O)C=CC13. The van der Waals surface area contributed by atoms with Crippen molar-refractivity contribution in [2.75, 3.05) is 0 Å². The summed E-state index contributed by atoms with van der Waals surface area (Å²) in [6.45, 7) is 4.75. The third kappa shape index (κ3) is 2.89. The van der Waals surface area contributed by atoms with Crippen LogP contribution in [0, 0.1) is 22.7 Å². The van der Waals surface area contributed by atoms with Crippen LogP contribution in [-0.4, -0.2) is 16.3 Å². The van der Waals surface area contributed by atoms with E-state index in [1.807, 2.05) is 6.08 Å². The van der Waals surface area contributed by atoms with E-state index in [9.17, 15) is 10.2 Å². The van der Waals surface area contributed by atoms with Gasteiger partial charge >= 0.3 is 0 Å². The molecular formula is C24H36O2. The van der Waals surface area contributed by atoms with Crippen molar-refractivity contribution in [1.29, 1.82) is 0 Å². The van der Waals surface area contributed by atoms with E-state index in [4.69, 9.17) is 0 Å². The zero-order valence-electron chi connectivity index (χ0n) is 16.6. The smallest absolute Gasteiger partial charge is 0.111 e. The lowest BCUT2D eigenvalue weighted by atomic mass is 9.50. The largest absolute Gasteiger partial charge is 0.508 e. The van der Waals surface area contributed by atoms with Crippen LogP contribution in [0.1, 0.15) is 84.5 Å². The Bertz CT molecular complexity index is 643. The van der Waals surface area contributed by atoms with Gasteiger partial charge in [0.05, 0.1) is 6.10 Å². The molecule has 0 aromatic rings. The Morgan fingerprint density at radius 2 is 2.00 bits per heavy atom. The molecule has 4 aliphatic rings. The summed E-state index contributed by atoms with van der Waals surface area (Å²) in [5.41, 5.74) is 3.87. The first-order valence-electron chi connectivity index (χ1n) is 11.0. The monoisotopic (exact) mass is 356 g/mol. The van der Waals surface area contributed by atoms with E-state index in [0.717, 1.165) is 25.7 Å². The Kier molecular flexibility index (Phi) is 4.84. The number of hydrogen-bond donors (Lipinski definition) is 2. The molecule has 26 heavy (non-hydrogen) atoms. The fourth-order valence-corrected chi connectivity index (χ4v) is 6.84. The van der Waals surface area contributed by atoms with Crippen molar-refractivity contribution in [3.05, 3.63) is 35.1 Å². The standard InChI is InChI=1S/C24H36O2/c1-3-4-5-6-11-24-13-12-23(2)20-10-8-18(25)14-17(20)7-9-21(23)22(24)15-19(26)16-24/h8,10,14,17,19-20,25-26H,3-7,9,11-13,15-16H2,1-2H3/t17?,19?,20?,23?,24-/m0/s1. The third-order valence-electron chi connectivity index (χ3n) is 8.18. The Morgan fingerprint density at radius 3 is 2.81 bits per heavy atom. The minimum absolute atomic E-state index is 0.130. The van der Waals surface area contributed by atoms with Crippen molar-refractivity contribution >= 4 is 0 Å². The molecule has 0 bridgehead atoms. The Morgan fingerprint density at radius 1 is 1.15 bits per heavy atom. The predicted molar refractivity (Wildman–Crippen MR) is 107 cm³/mol. The average molecular weight is 357 g/mol. The number of rotatable bonds is 5. The Labute approximate surface area is 159 Å². The van der Waals surface area contributed by atoms with Gasteiger partial charge in [-0.1, -0.05) is 56.8 Å². The molecule has 0 saturated heterocycles. The van der Waals surface area contributed by atoms with Gasteiger partial charge in [0.1, 0.15) is 5.76 Å². The molecular weight excluding hydrogens is 320 g/mol. The number of fused-ring (bicyclic) bond motifs is 4. The molecule has 0 aliphatic heterocycles. The summed E-state index contributed by atoms with van der Waals surface area (Å²) in [5, 5.41) is 20.5. The first-order chi connectivity index (χ1) is 12.5. The van der Waals surface area contributed by atoms with Gasteiger partial charge in [-0.15, -0.1) is 0 Å². The molecule has 4 unspecified atom stereocenters. The van der Waals surface area contributed by atoms with Crippen LogP contribution in [0.2, 0.25) is 0 Å². The lowest BCUT2D eigenvalue weighted by Gasteiger charge is -2.54. The maximum atomic E-state index is 10.6. The van der Waals surface area contributed by atoms with Crippen LogP contribution in [0.5, 0.6) is 0 Å². The summed E-state index contributed by atoms with van der Waals surface area (Å²) in [6.07, 6.45) is 19.4. The zero-order valence-corrected chi connectivity index (χ0v) is 16.6. The quantitative estimate of drug-likeness (QED) is 0.452. The fraction of sp³-hybridized carbons (Fsp3) is 0.750. The van der Waals surface area contributed by atoms with Crippen molar-refractivity contribution in [1.82, 2.24) is 0 Å². The molecule has 0 aromatic heterocycles. The summed E-state index contributed by atoms with van der Waals surface area (Å²) < 4.78 is 0. The maximum absolute atomic E-state index is 10.6. The number of hydrogen-bond acceptors (Lipinski definition) is 2.